The number of nitrogens with one attached hydrogen (secondary N) is 1. The first-order valence-electron chi connectivity index (χ1n) is 25.1. The van der Waals surface area contributed by atoms with Gasteiger partial charge in [0.25, 0.3) is 0 Å². The van der Waals surface area contributed by atoms with Crippen LogP contribution in [0.15, 0.2) is 24.3 Å². The average Bonchev–Trinajstić information content (AvgIpc) is 3.19. The normalized spacial score (nSPS) is 13.0. The van der Waals surface area contributed by atoms with Crippen LogP contribution >= 0.6 is 0 Å². The molecule has 55 heavy (non-hydrogen) atoms. The summed E-state index contributed by atoms with van der Waals surface area (Å²) in [7, 11) is 0. The molecule has 0 radical (unpaired) electrons. The number of hydrogen-bond donors (Lipinski definition) is 3. The summed E-state index contributed by atoms with van der Waals surface area (Å²) >= 11 is 0. The van der Waals surface area contributed by atoms with Crippen molar-refractivity contribution < 1.29 is 15.0 Å². The average molecular weight is 774 g/mol. The molecule has 0 aromatic carbocycles. The van der Waals surface area contributed by atoms with E-state index in [1.165, 1.54) is 225 Å². The fraction of sp³-hybridized carbons (Fsp3) is 0.902. The molecule has 0 spiro atoms. The maximum Gasteiger partial charge on any atom is 0.220 e. The Balaban J connectivity index is 3.53. The summed E-state index contributed by atoms with van der Waals surface area (Å²) in [5, 5.41) is 23.1. The topological polar surface area (TPSA) is 69.6 Å². The number of allylic oxidation sites excluding steroid dienone is 3. The molecule has 0 rings (SSSR count). The van der Waals surface area contributed by atoms with E-state index in [0.717, 1.165) is 32.1 Å². The zero-order valence-electron chi connectivity index (χ0n) is 37.5. The molecular weight excluding hydrogens is 675 g/mol. The van der Waals surface area contributed by atoms with Crippen LogP contribution in [-0.2, 0) is 4.79 Å². The second-order valence-corrected chi connectivity index (χ2v) is 17.2. The smallest absolute Gasteiger partial charge is 0.220 e. The van der Waals surface area contributed by atoms with Crippen LogP contribution in [0.1, 0.15) is 277 Å². The summed E-state index contributed by atoms with van der Waals surface area (Å²) in [5.41, 5.74) is 0. The van der Waals surface area contributed by atoms with Crippen LogP contribution in [0.2, 0.25) is 0 Å². The second kappa shape index (κ2) is 47.2. The van der Waals surface area contributed by atoms with Gasteiger partial charge in [-0.05, 0) is 32.1 Å². The zero-order chi connectivity index (χ0) is 40.0. The molecule has 0 aliphatic rings. The summed E-state index contributed by atoms with van der Waals surface area (Å²) < 4.78 is 0. The quantitative estimate of drug-likeness (QED) is 0.0426. The van der Waals surface area contributed by atoms with Gasteiger partial charge >= 0.3 is 0 Å². The monoisotopic (exact) mass is 774 g/mol. The van der Waals surface area contributed by atoms with E-state index in [2.05, 4.69) is 31.3 Å². The van der Waals surface area contributed by atoms with Crippen molar-refractivity contribution in [2.75, 3.05) is 6.61 Å². The summed E-state index contributed by atoms with van der Waals surface area (Å²) in [5.74, 6) is -0.0688. The van der Waals surface area contributed by atoms with Crippen molar-refractivity contribution >= 4 is 5.91 Å². The van der Waals surface area contributed by atoms with Crippen molar-refractivity contribution in [3.05, 3.63) is 24.3 Å². The molecule has 0 aliphatic heterocycles. The van der Waals surface area contributed by atoms with Gasteiger partial charge in [-0.2, -0.15) is 0 Å². The Bertz CT molecular complexity index is 795. The fourth-order valence-corrected chi connectivity index (χ4v) is 7.84. The Labute approximate surface area is 345 Å². The Morgan fingerprint density at radius 3 is 1.05 bits per heavy atom. The van der Waals surface area contributed by atoms with Gasteiger partial charge in [-0.3, -0.25) is 4.79 Å². The molecule has 0 aromatic rings. The van der Waals surface area contributed by atoms with E-state index in [1.54, 1.807) is 6.08 Å². The number of aliphatic hydroxyl groups excluding tert-OH is 2. The van der Waals surface area contributed by atoms with Gasteiger partial charge < -0.3 is 15.5 Å². The largest absolute Gasteiger partial charge is 0.394 e. The van der Waals surface area contributed by atoms with Gasteiger partial charge in [0.2, 0.25) is 5.91 Å². The summed E-state index contributed by atoms with van der Waals surface area (Å²) in [6, 6.07) is -0.635. The number of carbonyl (C=O) groups excluding carboxylic acids is 1. The van der Waals surface area contributed by atoms with Gasteiger partial charge in [-0.1, -0.05) is 263 Å². The Kier molecular flexibility index (Phi) is 46.3. The van der Waals surface area contributed by atoms with Crippen LogP contribution in [0.25, 0.3) is 0 Å². The van der Waals surface area contributed by atoms with Gasteiger partial charge in [0, 0.05) is 6.42 Å². The predicted octanol–water partition coefficient (Wildman–Crippen LogP) is 16.0. The summed E-state index contributed by atoms with van der Waals surface area (Å²) in [6.45, 7) is 4.33. The van der Waals surface area contributed by atoms with Gasteiger partial charge in [0.1, 0.15) is 0 Å². The number of amides is 1. The minimum absolute atomic E-state index is 0.0688. The van der Waals surface area contributed by atoms with E-state index in [1.807, 2.05) is 6.08 Å². The van der Waals surface area contributed by atoms with Gasteiger partial charge in [-0.15, -0.1) is 0 Å². The third-order valence-corrected chi connectivity index (χ3v) is 11.7. The number of hydrogen-bond acceptors (Lipinski definition) is 3. The summed E-state index contributed by atoms with van der Waals surface area (Å²) in [6.07, 6.45) is 61.7. The highest BCUT2D eigenvalue weighted by molar-refractivity contribution is 5.76. The lowest BCUT2D eigenvalue weighted by atomic mass is 10.0. The molecule has 0 saturated heterocycles. The first kappa shape index (κ1) is 53.9. The molecule has 0 aromatic heterocycles. The minimum atomic E-state index is -0.859. The van der Waals surface area contributed by atoms with Crippen molar-refractivity contribution in [2.45, 2.75) is 289 Å². The highest BCUT2D eigenvalue weighted by Gasteiger charge is 2.17. The van der Waals surface area contributed by atoms with E-state index in [0.29, 0.717) is 6.42 Å². The molecule has 0 saturated carbocycles. The number of rotatable bonds is 46. The van der Waals surface area contributed by atoms with Crippen LogP contribution in [0, 0.1) is 0 Å². The van der Waals surface area contributed by atoms with Crippen molar-refractivity contribution in [3.63, 3.8) is 0 Å². The first-order chi connectivity index (χ1) is 27.2. The lowest BCUT2D eigenvalue weighted by Gasteiger charge is -2.19. The van der Waals surface area contributed by atoms with Crippen LogP contribution in [-0.4, -0.2) is 34.9 Å². The van der Waals surface area contributed by atoms with Crippen molar-refractivity contribution in [1.29, 1.82) is 0 Å². The first-order valence-corrected chi connectivity index (χ1v) is 25.1. The molecule has 0 heterocycles. The molecule has 3 N–H and O–H groups in total. The standard InChI is InChI=1S/C51H99NO3/c1-3-5-7-9-11-13-15-17-19-21-23-24-25-26-27-28-29-30-32-34-36-38-40-42-44-46-50(54)49(48-53)52-51(55)47-45-43-41-39-37-35-33-31-22-20-18-16-14-12-10-8-6-4-2/h36,38,44,46,49-50,53-54H,3-35,37,39-43,45,47-48H2,1-2H3,(H,52,55)/b38-36+,46-44+. The molecule has 326 valence electrons. The van der Waals surface area contributed by atoms with Crippen LogP contribution in [0.3, 0.4) is 0 Å². The van der Waals surface area contributed by atoms with Crippen molar-refractivity contribution in [2.24, 2.45) is 0 Å². The molecule has 0 bridgehead atoms. The van der Waals surface area contributed by atoms with E-state index in [9.17, 15) is 15.0 Å². The fourth-order valence-electron chi connectivity index (χ4n) is 7.84. The Hall–Kier alpha value is -1.13. The van der Waals surface area contributed by atoms with Crippen LogP contribution in [0.5, 0.6) is 0 Å². The lowest BCUT2D eigenvalue weighted by molar-refractivity contribution is -0.123. The molecule has 4 nitrogen and oxygen atoms in total. The van der Waals surface area contributed by atoms with Crippen molar-refractivity contribution in [3.8, 4) is 0 Å². The van der Waals surface area contributed by atoms with E-state index < -0.39 is 12.1 Å². The number of carbonyl (C=O) groups is 1. The minimum Gasteiger partial charge on any atom is -0.394 e. The van der Waals surface area contributed by atoms with Gasteiger partial charge in [0.05, 0.1) is 18.8 Å². The molecule has 0 aliphatic carbocycles. The predicted molar refractivity (Wildman–Crippen MR) is 244 cm³/mol. The van der Waals surface area contributed by atoms with Gasteiger partial charge in [0.15, 0.2) is 0 Å². The Morgan fingerprint density at radius 1 is 0.418 bits per heavy atom. The molecule has 2 unspecified atom stereocenters. The highest BCUT2D eigenvalue weighted by Crippen LogP contribution is 2.17. The third kappa shape index (κ3) is 43.8. The molecule has 4 heteroatoms. The van der Waals surface area contributed by atoms with Gasteiger partial charge in [-0.25, -0.2) is 0 Å². The lowest BCUT2D eigenvalue weighted by Crippen LogP contribution is -2.45. The SMILES string of the molecule is CCCCCCCCCCCCCCCCCCCCC/C=C/CC/C=C/C(O)C(CO)NC(=O)CCCCCCCCCCCCCCCCCCCC. The summed E-state index contributed by atoms with van der Waals surface area (Å²) in [4.78, 5) is 12.4. The van der Waals surface area contributed by atoms with Crippen LogP contribution < -0.4 is 5.32 Å². The van der Waals surface area contributed by atoms with E-state index >= 15 is 0 Å². The van der Waals surface area contributed by atoms with E-state index in [-0.39, 0.29) is 12.5 Å². The maximum atomic E-state index is 12.4. The number of aliphatic hydroxyl groups is 2. The highest BCUT2D eigenvalue weighted by atomic mass is 16.3. The Morgan fingerprint density at radius 2 is 0.709 bits per heavy atom. The van der Waals surface area contributed by atoms with Crippen LogP contribution in [0.4, 0.5) is 0 Å². The molecule has 1 amide bonds. The molecular formula is C51H99NO3. The maximum absolute atomic E-state index is 12.4. The molecule has 0 fully saturated rings. The van der Waals surface area contributed by atoms with Crippen molar-refractivity contribution in [1.82, 2.24) is 5.32 Å². The third-order valence-electron chi connectivity index (χ3n) is 11.7. The number of unbranched alkanes of at least 4 members (excludes halogenated alkanes) is 37. The second-order valence-electron chi connectivity index (χ2n) is 17.2. The molecule has 2 atom stereocenters. The zero-order valence-corrected chi connectivity index (χ0v) is 37.5. The van der Waals surface area contributed by atoms with E-state index in [4.69, 9.17) is 0 Å².